The summed E-state index contributed by atoms with van der Waals surface area (Å²) >= 11 is 1.43. The molecule has 2 rings (SSSR count). The lowest BCUT2D eigenvalue weighted by molar-refractivity contribution is 0.101. The maximum Gasteiger partial charge on any atom is 0.161 e. The molecule has 0 amide bonds. The minimum absolute atomic E-state index is 0.0715. The smallest absolute Gasteiger partial charge is 0.161 e. The number of rotatable bonds is 3. The third-order valence-corrected chi connectivity index (χ3v) is 3.65. The first-order valence-electron chi connectivity index (χ1n) is 5.77. The Hall–Kier alpha value is -2.12. The minimum atomic E-state index is -0.0715. The highest BCUT2D eigenvalue weighted by Gasteiger charge is 2.13. The standard InChI is InChI=1S/C15H12N2OS/c1-10-14(11(2)18)8-12(9-16)15(17-10)19-13-6-4-3-5-7-13/h3-8H,1-2H3. The predicted molar refractivity (Wildman–Crippen MR) is 74.3 cm³/mol. The minimum Gasteiger partial charge on any atom is -0.294 e. The average Bonchev–Trinajstić information content (AvgIpc) is 2.39. The zero-order chi connectivity index (χ0) is 13.8. The van der Waals surface area contributed by atoms with Crippen LogP contribution >= 0.6 is 11.8 Å². The molecule has 0 aliphatic rings. The number of pyridine rings is 1. The van der Waals surface area contributed by atoms with Crippen LogP contribution in [0.5, 0.6) is 0 Å². The summed E-state index contributed by atoms with van der Waals surface area (Å²) in [5.41, 5.74) is 1.60. The first-order chi connectivity index (χ1) is 9.11. The molecule has 0 saturated carbocycles. The first-order valence-corrected chi connectivity index (χ1v) is 6.59. The number of carbonyl (C=O) groups excluding carboxylic acids is 1. The zero-order valence-corrected chi connectivity index (χ0v) is 11.5. The lowest BCUT2D eigenvalue weighted by Crippen LogP contribution is -2.01. The van der Waals surface area contributed by atoms with Gasteiger partial charge in [-0.15, -0.1) is 0 Å². The molecule has 1 aromatic carbocycles. The van der Waals surface area contributed by atoms with E-state index >= 15 is 0 Å². The molecule has 0 saturated heterocycles. The highest BCUT2D eigenvalue weighted by molar-refractivity contribution is 7.99. The molecule has 3 nitrogen and oxygen atoms in total. The van der Waals surface area contributed by atoms with E-state index in [1.807, 2.05) is 30.3 Å². The molecule has 1 aromatic heterocycles. The van der Waals surface area contributed by atoms with Crippen LogP contribution < -0.4 is 0 Å². The number of Topliss-reactive ketones (excluding diaryl/α,β-unsaturated/α-hetero) is 1. The lowest BCUT2D eigenvalue weighted by atomic mass is 10.1. The zero-order valence-electron chi connectivity index (χ0n) is 10.7. The van der Waals surface area contributed by atoms with Gasteiger partial charge < -0.3 is 0 Å². The normalized spacial score (nSPS) is 9.95. The molecule has 0 aliphatic carbocycles. The van der Waals surface area contributed by atoms with E-state index in [2.05, 4.69) is 11.1 Å². The summed E-state index contributed by atoms with van der Waals surface area (Å²) in [5.74, 6) is -0.0715. The molecule has 0 fully saturated rings. The number of benzene rings is 1. The van der Waals surface area contributed by atoms with Gasteiger partial charge in [0.2, 0.25) is 0 Å². The van der Waals surface area contributed by atoms with E-state index in [0.29, 0.717) is 21.8 Å². The summed E-state index contributed by atoms with van der Waals surface area (Å²) in [5, 5.41) is 9.81. The second-order valence-electron chi connectivity index (χ2n) is 4.06. The highest BCUT2D eigenvalue weighted by atomic mass is 32.2. The number of aryl methyl sites for hydroxylation is 1. The highest BCUT2D eigenvalue weighted by Crippen LogP contribution is 2.29. The SMILES string of the molecule is CC(=O)c1cc(C#N)c(Sc2ccccc2)nc1C. The molecule has 19 heavy (non-hydrogen) atoms. The fourth-order valence-electron chi connectivity index (χ4n) is 1.70. The van der Waals surface area contributed by atoms with Gasteiger partial charge in [0.25, 0.3) is 0 Å². The molecule has 94 valence electrons. The number of hydrogen-bond donors (Lipinski definition) is 0. The van der Waals surface area contributed by atoms with Gasteiger partial charge >= 0.3 is 0 Å². The van der Waals surface area contributed by atoms with Crippen LogP contribution in [0.3, 0.4) is 0 Å². The third kappa shape index (κ3) is 3.01. The van der Waals surface area contributed by atoms with Crippen molar-refractivity contribution in [1.82, 2.24) is 4.98 Å². The van der Waals surface area contributed by atoms with Gasteiger partial charge in [-0.1, -0.05) is 30.0 Å². The first kappa shape index (κ1) is 13.3. The number of aromatic nitrogens is 1. The van der Waals surface area contributed by atoms with Crippen LogP contribution in [0.1, 0.15) is 28.5 Å². The molecule has 0 bridgehead atoms. The van der Waals surface area contributed by atoms with Gasteiger partial charge in [0, 0.05) is 16.2 Å². The van der Waals surface area contributed by atoms with E-state index in [1.54, 1.807) is 13.0 Å². The monoisotopic (exact) mass is 268 g/mol. The molecule has 0 atom stereocenters. The van der Waals surface area contributed by atoms with Crippen molar-refractivity contribution < 1.29 is 4.79 Å². The molecule has 1 heterocycles. The van der Waals surface area contributed by atoms with Gasteiger partial charge in [-0.3, -0.25) is 4.79 Å². The Balaban J connectivity index is 2.44. The summed E-state index contributed by atoms with van der Waals surface area (Å²) in [7, 11) is 0. The van der Waals surface area contributed by atoms with Crippen molar-refractivity contribution >= 4 is 17.5 Å². The van der Waals surface area contributed by atoms with Gasteiger partial charge in [0.1, 0.15) is 11.1 Å². The second-order valence-corrected chi connectivity index (χ2v) is 5.12. The van der Waals surface area contributed by atoms with Crippen molar-refractivity contribution in [2.45, 2.75) is 23.8 Å². The summed E-state index contributed by atoms with van der Waals surface area (Å²) in [6, 6.07) is 13.5. The van der Waals surface area contributed by atoms with E-state index in [0.717, 1.165) is 4.90 Å². The molecular formula is C15H12N2OS. The second kappa shape index (κ2) is 5.68. The van der Waals surface area contributed by atoms with Gasteiger partial charge in [0.15, 0.2) is 5.78 Å². The van der Waals surface area contributed by atoms with Crippen LogP contribution in [0, 0.1) is 18.3 Å². The number of ketones is 1. The summed E-state index contributed by atoms with van der Waals surface area (Å²) in [4.78, 5) is 16.8. The molecule has 0 aliphatic heterocycles. The molecular weight excluding hydrogens is 256 g/mol. The molecule has 0 spiro atoms. The van der Waals surface area contributed by atoms with Gasteiger partial charge in [-0.25, -0.2) is 4.98 Å². The Labute approximate surface area is 116 Å². The maximum atomic E-state index is 11.4. The van der Waals surface area contributed by atoms with E-state index < -0.39 is 0 Å². The van der Waals surface area contributed by atoms with Crippen LogP contribution in [0.15, 0.2) is 46.3 Å². The van der Waals surface area contributed by atoms with Gasteiger partial charge in [-0.05, 0) is 32.0 Å². The van der Waals surface area contributed by atoms with Crippen LogP contribution in [0.2, 0.25) is 0 Å². The van der Waals surface area contributed by atoms with Crippen LogP contribution in [0.4, 0.5) is 0 Å². The molecule has 0 radical (unpaired) electrons. The van der Waals surface area contributed by atoms with Crippen LogP contribution in [-0.2, 0) is 0 Å². The van der Waals surface area contributed by atoms with E-state index in [1.165, 1.54) is 18.7 Å². The number of nitriles is 1. The maximum absolute atomic E-state index is 11.4. The molecule has 2 aromatic rings. The van der Waals surface area contributed by atoms with Crippen molar-refractivity contribution in [2.75, 3.05) is 0 Å². The van der Waals surface area contributed by atoms with Crippen molar-refractivity contribution in [3.63, 3.8) is 0 Å². The number of carbonyl (C=O) groups is 1. The van der Waals surface area contributed by atoms with Crippen LogP contribution in [-0.4, -0.2) is 10.8 Å². The summed E-state index contributed by atoms with van der Waals surface area (Å²) in [6.07, 6.45) is 0. The van der Waals surface area contributed by atoms with Gasteiger partial charge in [-0.2, -0.15) is 5.26 Å². The van der Waals surface area contributed by atoms with Gasteiger partial charge in [0.05, 0.1) is 5.56 Å². The lowest BCUT2D eigenvalue weighted by Gasteiger charge is -2.07. The summed E-state index contributed by atoms with van der Waals surface area (Å²) < 4.78 is 0. The predicted octanol–water partition coefficient (Wildman–Crippen LogP) is 3.62. The Morgan fingerprint density at radius 3 is 2.58 bits per heavy atom. The molecule has 0 N–H and O–H groups in total. The topological polar surface area (TPSA) is 53.8 Å². The average molecular weight is 268 g/mol. The quantitative estimate of drug-likeness (QED) is 0.798. The largest absolute Gasteiger partial charge is 0.294 e. The van der Waals surface area contributed by atoms with Crippen molar-refractivity contribution in [2.24, 2.45) is 0 Å². The number of hydrogen-bond acceptors (Lipinski definition) is 4. The van der Waals surface area contributed by atoms with E-state index in [4.69, 9.17) is 0 Å². The van der Waals surface area contributed by atoms with Crippen molar-refractivity contribution in [1.29, 1.82) is 5.26 Å². The third-order valence-electron chi connectivity index (χ3n) is 2.64. The Morgan fingerprint density at radius 2 is 2.00 bits per heavy atom. The Kier molecular flexibility index (Phi) is 3.98. The van der Waals surface area contributed by atoms with E-state index in [9.17, 15) is 10.1 Å². The fraction of sp³-hybridized carbons (Fsp3) is 0.133. The van der Waals surface area contributed by atoms with Crippen molar-refractivity contribution in [3.8, 4) is 6.07 Å². The Bertz CT molecular complexity index is 660. The summed E-state index contributed by atoms with van der Waals surface area (Å²) in [6.45, 7) is 3.27. The van der Waals surface area contributed by atoms with Crippen LogP contribution in [0.25, 0.3) is 0 Å². The fourth-order valence-corrected chi connectivity index (χ4v) is 2.61. The Morgan fingerprint density at radius 1 is 1.32 bits per heavy atom. The molecule has 4 heteroatoms. The number of nitrogens with zero attached hydrogens (tertiary/aromatic N) is 2. The van der Waals surface area contributed by atoms with E-state index in [-0.39, 0.29) is 5.78 Å². The molecule has 0 unspecified atom stereocenters. The van der Waals surface area contributed by atoms with Crippen molar-refractivity contribution in [3.05, 3.63) is 53.2 Å².